The van der Waals surface area contributed by atoms with E-state index in [2.05, 4.69) is 57.2 Å². The number of nitrogens with zero attached hydrogens (tertiary/aromatic N) is 2. The van der Waals surface area contributed by atoms with Crippen LogP contribution in [0.15, 0.2) is 0 Å². The standard InChI is InChI=1S/C11H26N2Si/c1-10(2,3)12-8-9-13(14(12)7)11(4,5)6/h14H,8-9H2,1-7H3. The molecule has 0 bridgehead atoms. The summed E-state index contributed by atoms with van der Waals surface area (Å²) in [5.41, 5.74) is 0.706. The van der Waals surface area contributed by atoms with Crippen molar-refractivity contribution in [1.29, 1.82) is 0 Å². The third-order valence-electron chi connectivity index (χ3n) is 3.21. The summed E-state index contributed by atoms with van der Waals surface area (Å²) in [6, 6.07) is 0. The SMILES string of the molecule is C[SiH]1N(C(C)(C)C)CCN1C(C)(C)C. The fraction of sp³-hybridized carbons (Fsp3) is 1.00. The van der Waals surface area contributed by atoms with Gasteiger partial charge in [0.25, 0.3) is 0 Å². The number of hydrogen-bond donors (Lipinski definition) is 0. The predicted molar refractivity (Wildman–Crippen MR) is 65.9 cm³/mol. The fourth-order valence-corrected chi connectivity index (χ4v) is 6.11. The van der Waals surface area contributed by atoms with Gasteiger partial charge in [0.05, 0.1) is 0 Å². The molecule has 1 fully saturated rings. The minimum atomic E-state index is -0.863. The summed E-state index contributed by atoms with van der Waals surface area (Å²) in [6.45, 7) is 19.0. The summed E-state index contributed by atoms with van der Waals surface area (Å²) in [7, 11) is -0.863. The molecule has 1 aliphatic rings. The van der Waals surface area contributed by atoms with Crippen molar-refractivity contribution in [1.82, 2.24) is 9.13 Å². The van der Waals surface area contributed by atoms with Gasteiger partial charge in [-0.15, -0.1) is 0 Å². The van der Waals surface area contributed by atoms with Gasteiger partial charge in [0, 0.05) is 24.2 Å². The summed E-state index contributed by atoms with van der Waals surface area (Å²) in [5.74, 6) is 0. The first-order chi connectivity index (χ1) is 6.14. The Bertz CT molecular complexity index is 180. The summed E-state index contributed by atoms with van der Waals surface area (Å²) in [5, 5.41) is 0. The van der Waals surface area contributed by atoms with Crippen LogP contribution in [0.3, 0.4) is 0 Å². The van der Waals surface area contributed by atoms with Gasteiger partial charge in [0.2, 0.25) is 0 Å². The molecule has 0 N–H and O–H groups in total. The highest BCUT2D eigenvalue weighted by Crippen LogP contribution is 2.27. The maximum absolute atomic E-state index is 2.72. The second kappa shape index (κ2) is 3.61. The van der Waals surface area contributed by atoms with Gasteiger partial charge in [0.1, 0.15) is 0 Å². The summed E-state index contributed by atoms with van der Waals surface area (Å²) < 4.78 is 5.44. The van der Waals surface area contributed by atoms with Crippen LogP contribution in [-0.2, 0) is 0 Å². The van der Waals surface area contributed by atoms with Crippen LogP contribution in [0.5, 0.6) is 0 Å². The first-order valence-corrected chi connectivity index (χ1v) is 7.86. The van der Waals surface area contributed by atoms with E-state index in [0.29, 0.717) is 11.1 Å². The van der Waals surface area contributed by atoms with Crippen LogP contribution >= 0.6 is 0 Å². The number of hydrogen-bond acceptors (Lipinski definition) is 2. The van der Waals surface area contributed by atoms with Gasteiger partial charge in [-0.05, 0) is 48.1 Å². The van der Waals surface area contributed by atoms with Crippen LogP contribution in [0.4, 0.5) is 0 Å². The zero-order chi connectivity index (χ0) is 11.1. The monoisotopic (exact) mass is 214 g/mol. The normalized spacial score (nSPS) is 23.4. The van der Waals surface area contributed by atoms with Crippen molar-refractivity contribution >= 4 is 9.12 Å². The highest BCUT2D eigenvalue weighted by Gasteiger charge is 2.40. The van der Waals surface area contributed by atoms with Crippen molar-refractivity contribution < 1.29 is 0 Å². The molecule has 1 rings (SSSR count). The predicted octanol–water partition coefficient (Wildman–Crippen LogP) is 2.05. The maximum atomic E-state index is 2.72. The van der Waals surface area contributed by atoms with E-state index in [-0.39, 0.29) is 0 Å². The molecule has 0 aromatic heterocycles. The number of rotatable bonds is 0. The van der Waals surface area contributed by atoms with Crippen LogP contribution in [0.1, 0.15) is 41.5 Å². The highest BCUT2D eigenvalue weighted by atomic mass is 28.3. The molecule has 84 valence electrons. The van der Waals surface area contributed by atoms with Crippen LogP contribution in [0.2, 0.25) is 6.55 Å². The quantitative estimate of drug-likeness (QED) is 0.570. The van der Waals surface area contributed by atoms with E-state index in [9.17, 15) is 0 Å². The molecule has 0 saturated carbocycles. The molecule has 14 heavy (non-hydrogen) atoms. The van der Waals surface area contributed by atoms with Gasteiger partial charge in [-0.2, -0.15) is 0 Å². The second-order valence-corrected chi connectivity index (χ2v) is 8.87. The molecule has 2 nitrogen and oxygen atoms in total. The van der Waals surface area contributed by atoms with E-state index in [1.807, 2.05) is 0 Å². The van der Waals surface area contributed by atoms with Gasteiger partial charge in [-0.25, -0.2) is 0 Å². The lowest BCUT2D eigenvalue weighted by Crippen LogP contribution is -2.54. The minimum Gasteiger partial charge on any atom is -0.308 e. The molecule has 0 aromatic rings. The molecule has 0 aliphatic carbocycles. The second-order valence-electron chi connectivity index (χ2n) is 6.36. The molecule has 1 heterocycles. The molecule has 0 amide bonds. The molecule has 0 atom stereocenters. The molecule has 1 saturated heterocycles. The van der Waals surface area contributed by atoms with Crippen LogP contribution in [-0.4, -0.2) is 42.4 Å². The Morgan fingerprint density at radius 2 is 1.07 bits per heavy atom. The van der Waals surface area contributed by atoms with Gasteiger partial charge in [-0.1, -0.05) is 0 Å². The van der Waals surface area contributed by atoms with Crippen molar-refractivity contribution in [3.05, 3.63) is 0 Å². The molecular formula is C11H26N2Si. The van der Waals surface area contributed by atoms with Crippen LogP contribution < -0.4 is 0 Å². The van der Waals surface area contributed by atoms with Crippen molar-refractivity contribution in [2.45, 2.75) is 59.2 Å². The highest BCUT2D eigenvalue weighted by molar-refractivity contribution is 6.52. The van der Waals surface area contributed by atoms with E-state index in [1.54, 1.807) is 0 Å². The average Bonchev–Trinajstić information content (AvgIpc) is 2.26. The first-order valence-electron chi connectivity index (χ1n) is 5.67. The third-order valence-corrected chi connectivity index (χ3v) is 7.08. The molecule has 0 aromatic carbocycles. The minimum absolute atomic E-state index is 0.353. The molecule has 0 radical (unpaired) electrons. The zero-order valence-corrected chi connectivity index (χ0v) is 12.0. The van der Waals surface area contributed by atoms with E-state index < -0.39 is 9.12 Å². The Morgan fingerprint density at radius 3 is 1.21 bits per heavy atom. The average molecular weight is 214 g/mol. The molecule has 0 spiro atoms. The van der Waals surface area contributed by atoms with Crippen molar-refractivity contribution in [3.63, 3.8) is 0 Å². The van der Waals surface area contributed by atoms with Crippen molar-refractivity contribution in [2.75, 3.05) is 13.1 Å². The van der Waals surface area contributed by atoms with Gasteiger partial charge >= 0.3 is 0 Å². The lowest BCUT2D eigenvalue weighted by Gasteiger charge is -2.40. The largest absolute Gasteiger partial charge is 0.308 e. The Morgan fingerprint density at radius 1 is 0.786 bits per heavy atom. The Hall–Kier alpha value is 0.137. The molecule has 3 heteroatoms. The zero-order valence-electron chi connectivity index (χ0n) is 10.9. The summed E-state index contributed by atoms with van der Waals surface area (Å²) >= 11 is 0. The van der Waals surface area contributed by atoms with Crippen molar-refractivity contribution in [3.8, 4) is 0 Å². The molecule has 1 aliphatic heterocycles. The summed E-state index contributed by atoms with van der Waals surface area (Å²) in [4.78, 5) is 0. The molecule has 0 unspecified atom stereocenters. The van der Waals surface area contributed by atoms with Crippen LogP contribution in [0.25, 0.3) is 0 Å². The van der Waals surface area contributed by atoms with E-state index in [1.165, 1.54) is 13.1 Å². The Balaban J connectivity index is 2.75. The van der Waals surface area contributed by atoms with Gasteiger partial charge in [-0.3, -0.25) is 0 Å². The van der Waals surface area contributed by atoms with Gasteiger partial charge in [0.15, 0.2) is 9.12 Å². The fourth-order valence-electron chi connectivity index (χ4n) is 2.55. The lowest BCUT2D eigenvalue weighted by molar-refractivity contribution is 0.269. The van der Waals surface area contributed by atoms with Crippen molar-refractivity contribution in [2.24, 2.45) is 0 Å². The molecular weight excluding hydrogens is 188 g/mol. The maximum Gasteiger partial charge on any atom is 0.187 e. The van der Waals surface area contributed by atoms with Gasteiger partial charge < -0.3 is 9.13 Å². The van der Waals surface area contributed by atoms with E-state index in [4.69, 9.17) is 0 Å². The first kappa shape index (κ1) is 12.2. The summed E-state index contributed by atoms with van der Waals surface area (Å²) in [6.07, 6.45) is 0. The van der Waals surface area contributed by atoms with E-state index in [0.717, 1.165) is 0 Å². The Labute approximate surface area is 91.0 Å². The van der Waals surface area contributed by atoms with Crippen LogP contribution in [0, 0.1) is 0 Å². The Kier molecular flexibility index (Phi) is 3.15. The third kappa shape index (κ3) is 2.38. The topological polar surface area (TPSA) is 6.48 Å². The van der Waals surface area contributed by atoms with E-state index >= 15 is 0 Å². The smallest absolute Gasteiger partial charge is 0.187 e. The lowest BCUT2D eigenvalue weighted by atomic mass is 10.1.